The van der Waals surface area contributed by atoms with Crippen LogP contribution in [0.3, 0.4) is 0 Å². The lowest BCUT2D eigenvalue weighted by atomic mass is 9.96. The van der Waals surface area contributed by atoms with Crippen molar-refractivity contribution in [2.45, 2.75) is 37.9 Å². The zero-order valence-corrected chi connectivity index (χ0v) is 12.0. The van der Waals surface area contributed by atoms with E-state index in [1.54, 1.807) is 7.11 Å². The molecule has 0 amide bonds. The summed E-state index contributed by atoms with van der Waals surface area (Å²) in [5.74, 6) is -0.0408. The van der Waals surface area contributed by atoms with Gasteiger partial charge in [-0.25, -0.2) is 0 Å². The first-order valence-electron chi connectivity index (χ1n) is 5.63. The molecule has 0 aliphatic heterocycles. The third-order valence-electron chi connectivity index (χ3n) is 2.23. The molecule has 0 radical (unpaired) electrons. The number of carboxylic acid groups (broad SMARTS) is 1. The summed E-state index contributed by atoms with van der Waals surface area (Å²) in [6.07, 6.45) is 0. The van der Waals surface area contributed by atoms with Gasteiger partial charge in [0.15, 0.2) is 5.16 Å². The Kier molecular flexibility index (Phi) is 5.15. The molecule has 1 aromatic rings. The fourth-order valence-electron chi connectivity index (χ4n) is 1.46. The Morgan fingerprint density at radius 3 is 2.61 bits per heavy atom. The highest BCUT2D eigenvalue weighted by atomic mass is 32.2. The molecule has 0 aromatic carbocycles. The van der Waals surface area contributed by atoms with Crippen LogP contribution in [-0.4, -0.2) is 45.3 Å². The topological polar surface area (TPSA) is 77.2 Å². The second-order valence-electron chi connectivity index (χ2n) is 4.88. The van der Waals surface area contributed by atoms with E-state index in [0.717, 1.165) is 5.82 Å². The van der Waals surface area contributed by atoms with Crippen molar-refractivity contribution in [3.05, 3.63) is 5.82 Å². The summed E-state index contributed by atoms with van der Waals surface area (Å²) in [6, 6.07) is 0. The monoisotopic (exact) mass is 273 g/mol. The number of hydrogen-bond acceptors (Lipinski definition) is 5. The molecule has 1 rings (SSSR count). The normalized spacial score (nSPS) is 11.8. The number of nitrogens with zero attached hydrogens (tertiary/aromatic N) is 3. The number of carboxylic acids is 1. The molecule has 102 valence electrons. The number of aromatic nitrogens is 3. The van der Waals surface area contributed by atoms with Crippen molar-refractivity contribution in [3.8, 4) is 0 Å². The molecular weight excluding hydrogens is 254 g/mol. The van der Waals surface area contributed by atoms with E-state index in [4.69, 9.17) is 9.84 Å². The Morgan fingerprint density at radius 1 is 1.44 bits per heavy atom. The molecule has 0 bridgehead atoms. The lowest BCUT2D eigenvalue weighted by molar-refractivity contribution is -0.133. The second kappa shape index (κ2) is 6.19. The van der Waals surface area contributed by atoms with E-state index in [1.807, 2.05) is 25.3 Å². The van der Waals surface area contributed by atoms with Gasteiger partial charge >= 0.3 is 5.97 Å². The second-order valence-corrected chi connectivity index (χ2v) is 5.83. The summed E-state index contributed by atoms with van der Waals surface area (Å²) >= 11 is 1.18. The van der Waals surface area contributed by atoms with Gasteiger partial charge in [-0.3, -0.25) is 4.79 Å². The average Bonchev–Trinajstić information content (AvgIpc) is 2.66. The van der Waals surface area contributed by atoms with E-state index in [2.05, 4.69) is 10.2 Å². The molecule has 0 saturated heterocycles. The van der Waals surface area contributed by atoms with Crippen molar-refractivity contribution < 1.29 is 14.6 Å². The van der Waals surface area contributed by atoms with Gasteiger partial charge in [-0.15, -0.1) is 10.2 Å². The number of aliphatic carboxylic acids is 1. The van der Waals surface area contributed by atoms with Gasteiger partial charge in [0.1, 0.15) is 5.82 Å². The van der Waals surface area contributed by atoms with Crippen LogP contribution in [0.25, 0.3) is 0 Å². The summed E-state index contributed by atoms with van der Waals surface area (Å²) in [5.41, 5.74) is -0.136. The van der Waals surface area contributed by atoms with Crippen LogP contribution in [0, 0.1) is 0 Å². The van der Waals surface area contributed by atoms with Gasteiger partial charge in [-0.05, 0) is 0 Å². The van der Waals surface area contributed by atoms with E-state index in [-0.39, 0.29) is 11.2 Å². The number of thioether (sulfide) groups is 1. The van der Waals surface area contributed by atoms with Crippen molar-refractivity contribution in [2.24, 2.45) is 0 Å². The van der Waals surface area contributed by atoms with Crippen molar-refractivity contribution in [2.75, 3.05) is 19.5 Å². The number of hydrogen-bond donors (Lipinski definition) is 1. The molecule has 6 nitrogen and oxygen atoms in total. The summed E-state index contributed by atoms with van der Waals surface area (Å²) in [7, 11) is 1.63. The number of methoxy groups -OCH3 is 1. The Balaban J connectivity index is 2.95. The van der Waals surface area contributed by atoms with Crippen molar-refractivity contribution in [1.82, 2.24) is 14.8 Å². The predicted octanol–water partition coefficient (Wildman–Crippen LogP) is 1.40. The van der Waals surface area contributed by atoms with Crippen molar-refractivity contribution >= 4 is 17.7 Å². The Morgan fingerprint density at radius 2 is 2.11 bits per heavy atom. The maximum absolute atomic E-state index is 10.6. The molecule has 0 spiro atoms. The molecule has 1 N–H and O–H groups in total. The van der Waals surface area contributed by atoms with E-state index in [1.165, 1.54) is 11.8 Å². The molecule has 1 aromatic heterocycles. The van der Waals surface area contributed by atoms with Gasteiger partial charge in [0, 0.05) is 19.1 Å². The first-order valence-corrected chi connectivity index (χ1v) is 6.62. The van der Waals surface area contributed by atoms with Gasteiger partial charge in [0.25, 0.3) is 0 Å². The average molecular weight is 273 g/mol. The first kappa shape index (κ1) is 15.0. The lowest BCUT2D eigenvalue weighted by Crippen LogP contribution is -2.21. The van der Waals surface area contributed by atoms with Crippen LogP contribution in [0.2, 0.25) is 0 Å². The summed E-state index contributed by atoms with van der Waals surface area (Å²) in [6.45, 7) is 7.31. The van der Waals surface area contributed by atoms with Gasteiger partial charge in [0.05, 0.1) is 12.4 Å². The van der Waals surface area contributed by atoms with Crippen molar-refractivity contribution in [3.63, 3.8) is 0 Å². The zero-order valence-electron chi connectivity index (χ0n) is 11.1. The minimum atomic E-state index is -0.862. The van der Waals surface area contributed by atoms with Gasteiger partial charge in [0.2, 0.25) is 0 Å². The Hall–Kier alpha value is -1.08. The van der Waals surface area contributed by atoms with Crippen LogP contribution in [-0.2, 0) is 21.5 Å². The SMILES string of the molecule is COCCn1c(SCC(=O)O)nnc1C(C)(C)C. The predicted molar refractivity (Wildman–Crippen MR) is 69.0 cm³/mol. The van der Waals surface area contributed by atoms with E-state index in [9.17, 15) is 4.79 Å². The Bertz CT molecular complexity index is 412. The zero-order chi connectivity index (χ0) is 13.8. The van der Waals surface area contributed by atoms with Gasteiger partial charge < -0.3 is 14.4 Å². The largest absolute Gasteiger partial charge is 0.481 e. The molecule has 1 heterocycles. The highest BCUT2D eigenvalue weighted by molar-refractivity contribution is 7.99. The van der Waals surface area contributed by atoms with E-state index >= 15 is 0 Å². The third-order valence-corrected chi connectivity index (χ3v) is 3.18. The fourth-order valence-corrected chi connectivity index (χ4v) is 2.15. The molecule has 0 fully saturated rings. The van der Waals surface area contributed by atoms with Gasteiger partial charge in [-0.2, -0.15) is 0 Å². The quantitative estimate of drug-likeness (QED) is 0.789. The molecule has 18 heavy (non-hydrogen) atoms. The summed E-state index contributed by atoms with van der Waals surface area (Å²) in [5, 5.41) is 17.6. The maximum Gasteiger partial charge on any atom is 0.313 e. The lowest BCUT2D eigenvalue weighted by Gasteiger charge is -2.19. The van der Waals surface area contributed by atoms with Crippen LogP contribution >= 0.6 is 11.8 Å². The summed E-state index contributed by atoms with van der Waals surface area (Å²) < 4.78 is 6.99. The minimum Gasteiger partial charge on any atom is -0.481 e. The molecule has 0 atom stereocenters. The van der Waals surface area contributed by atoms with Crippen LogP contribution in [0.4, 0.5) is 0 Å². The van der Waals surface area contributed by atoms with Crippen LogP contribution in [0.1, 0.15) is 26.6 Å². The van der Waals surface area contributed by atoms with Crippen molar-refractivity contribution in [1.29, 1.82) is 0 Å². The van der Waals surface area contributed by atoms with E-state index < -0.39 is 5.97 Å². The molecule has 0 aliphatic rings. The standard InChI is InChI=1S/C11H19N3O3S/c1-11(2,3)9-12-13-10(18-7-8(15)16)14(9)5-6-17-4/h5-7H2,1-4H3,(H,15,16). The molecule has 0 aliphatic carbocycles. The Labute approximate surface area is 111 Å². The maximum atomic E-state index is 10.6. The van der Waals surface area contributed by atoms with Crippen LogP contribution < -0.4 is 0 Å². The number of ether oxygens (including phenoxy) is 1. The smallest absolute Gasteiger partial charge is 0.313 e. The third kappa shape index (κ3) is 3.99. The molecule has 7 heteroatoms. The van der Waals surface area contributed by atoms with E-state index in [0.29, 0.717) is 18.3 Å². The summed E-state index contributed by atoms with van der Waals surface area (Å²) in [4.78, 5) is 10.6. The highest BCUT2D eigenvalue weighted by Gasteiger charge is 2.24. The first-order chi connectivity index (χ1) is 8.36. The molecule has 0 saturated carbocycles. The minimum absolute atomic E-state index is 0.0186. The highest BCUT2D eigenvalue weighted by Crippen LogP contribution is 2.25. The molecule has 0 unspecified atom stereocenters. The van der Waals surface area contributed by atoms with Crippen LogP contribution in [0.15, 0.2) is 5.16 Å². The number of carbonyl (C=O) groups is 1. The van der Waals surface area contributed by atoms with Gasteiger partial charge in [-0.1, -0.05) is 32.5 Å². The number of rotatable bonds is 6. The van der Waals surface area contributed by atoms with Crippen LogP contribution in [0.5, 0.6) is 0 Å². The molecular formula is C11H19N3O3S. The fraction of sp³-hybridized carbons (Fsp3) is 0.727.